The molecule has 0 radical (unpaired) electrons. The predicted octanol–water partition coefficient (Wildman–Crippen LogP) is 4.66. The van der Waals surface area contributed by atoms with Crippen LogP contribution in [-0.4, -0.2) is 18.0 Å². The Hall–Kier alpha value is -0.370. The number of nitrogens with zero attached hydrogens (tertiary/aromatic N) is 2. The van der Waals surface area contributed by atoms with Crippen LogP contribution in [0.3, 0.4) is 0 Å². The highest BCUT2D eigenvalue weighted by molar-refractivity contribution is 9.11. The predicted molar refractivity (Wildman–Crippen MR) is 84.0 cm³/mol. The van der Waals surface area contributed by atoms with Crippen LogP contribution in [0.25, 0.3) is 0 Å². The lowest BCUT2D eigenvalue weighted by Crippen LogP contribution is -2.41. The van der Waals surface area contributed by atoms with Gasteiger partial charge in [0, 0.05) is 12.6 Å². The van der Waals surface area contributed by atoms with Crippen molar-refractivity contribution in [1.82, 2.24) is 4.90 Å². The first kappa shape index (κ1) is 15.0. The van der Waals surface area contributed by atoms with Crippen molar-refractivity contribution >= 4 is 27.3 Å². The standard InChI is InChI=1S/C15H21BrN2S/c1-3-11-4-5-13(8-17)14(6-11)18(2)9-12-7-15(16)19-10-12/h7,10-11,13-14H,3-6,9H2,1-2H3. The van der Waals surface area contributed by atoms with Crippen molar-refractivity contribution in [2.24, 2.45) is 11.8 Å². The molecule has 0 N–H and O–H groups in total. The second-order valence-electron chi connectivity index (χ2n) is 5.56. The number of halogens is 1. The minimum atomic E-state index is 0.204. The molecule has 19 heavy (non-hydrogen) atoms. The first-order valence-electron chi connectivity index (χ1n) is 6.96. The lowest BCUT2D eigenvalue weighted by molar-refractivity contribution is 0.118. The van der Waals surface area contributed by atoms with Crippen LogP contribution in [0.15, 0.2) is 15.2 Å². The molecule has 0 aliphatic heterocycles. The number of hydrogen-bond donors (Lipinski definition) is 0. The molecule has 0 saturated heterocycles. The molecule has 0 bridgehead atoms. The summed E-state index contributed by atoms with van der Waals surface area (Å²) in [5.74, 6) is 1.00. The van der Waals surface area contributed by atoms with E-state index in [-0.39, 0.29) is 5.92 Å². The monoisotopic (exact) mass is 340 g/mol. The Bertz CT molecular complexity index is 451. The minimum absolute atomic E-state index is 0.204. The average molecular weight is 341 g/mol. The topological polar surface area (TPSA) is 27.0 Å². The van der Waals surface area contributed by atoms with Crippen LogP contribution in [0.2, 0.25) is 0 Å². The normalized spacial score (nSPS) is 27.4. The summed E-state index contributed by atoms with van der Waals surface area (Å²) in [6, 6.07) is 5.12. The molecule has 2 nitrogen and oxygen atoms in total. The van der Waals surface area contributed by atoms with E-state index in [4.69, 9.17) is 0 Å². The van der Waals surface area contributed by atoms with Gasteiger partial charge in [0.15, 0.2) is 0 Å². The van der Waals surface area contributed by atoms with Gasteiger partial charge in [0.1, 0.15) is 0 Å². The lowest BCUT2D eigenvalue weighted by atomic mass is 9.77. The van der Waals surface area contributed by atoms with E-state index in [9.17, 15) is 5.26 Å². The van der Waals surface area contributed by atoms with E-state index < -0.39 is 0 Å². The molecule has 3 atom stereocenters. The summed E-state index contributed by atoms with van der Waals surface area (Å²) in [7, 11) is 2.17. The van der Waals surface area contributed by atoms with Crippen molar-refractivity contribution in [3.8, 4) is 6.07 Å². The third-order valence-electron chi connectivity index (χ3n) is 4.29. The van der Waals surface area contributed by atoms with Gasteiger partial charge >= 0.3 is 0 Å². The molecule has 0 aromatic carbocycles. The molecule has 1 fully saturated rings. The fourth-order valence-corrected chi connectivity index (χ4v) is 4.27. The maximum Gasteiger partial charge on any atom is 0.0701 e. The summed E-state index contributed by atoms with van der Waals surface area (Å²) in [6.07, 6.45) is 4.71. The van der Waals surface area contributed by atoms with Crippen molar-refractivity contribution in [1.29, 1.82) is 5.26 Å². The molecule has 1 aliphatic rings. The van der Waals surface area contributed by atoms with Crippen molar-refractivity contribution in [2.45, 2.75) is 45.2 Å². The largest absolute Gasteiger partial charge is 0.298 e. The lowest BCUT2D eigenvalue weighted by Gasteiger charge is -2.38. The molecule has 1 aliphatic carbocycles. The molecule has 1 aromatic rings. The summed E-state index contributed by atoms with van der Waals surface area (Å²) in [4.78, 5) is 2.38. The van der Waals surface area contributed by atoms with Gasteiger partial charge in [-0.2, -0.15) is 5.26 Å². The van der Waals surface area contributed by atoms with E-state index in [1.54, 1.807) is 11.3 Å². The third-order valence-corrected chi connectivity index (χ3v) is 5.84. The average Bonchev–Trinajstić information content (AvgIpc) is 2.83. The maximum atomic E-state index is 9.36. The molecule has 4 heteroatoms. The van der Waals surface area contributed by atoms with Gasteiger partial charge in [0.25, 0.3) is 0 Å². The summed E-state index contributed by atoms with van der Waals surface area (Å²) >= 11 is 5.24. The zero-order valence-corrected chi connectivity index (χ0v) is 14.0. The molecule has 104 valence electrons. The quantitative estimate of drug-likeness (QED) is 0.796. The van der Waals surface area contributed by atoms with Gasteiger partial charge < -0.3 is 0 Å². The summed E-state index contributed by atoms with van der Waals surface area (Å²) in [6.45, 7) is 3.21. The molecule has 1 heterocycles. The van der Waals surface area contributed by atoms with Crippen molar-refractivity contribution in [3.63, 3.8) is 0 Å². The van der Waals surface area contributed by atoms with Gasteiger partial charge in [-0.15, -0.1) is 11.3 Å². The fourth-order valence-electron chi connectivity index (χ4n) is 3.07. The molecular formula is C15H21BrN2S. The molecule has 0 spiro atoms. The highest BCUT2D eigenvalue weighted by Gasteiger charge is 2.32. The van der Waals surface area contributed by atoms with Crippen LogP contribution in [-0.2, 0) is 6.54 Å². The van der Waals surface area contributed by atoms with E-state index in [0.717, 1.165) is 18.9 Å². The number of thiophene rings is 1. The van der Waals surface area contributed by atoms with E-state index in [0.29, 0.717) is 6.04 Å². The van der Waals surface area contributed by atoms with Gasteiger partial charge in [-0.3, -0.25) is 4.90 Å². The van der Waals surface area contributed by atoms with Gasteiger partial charge in [-0.1, -0.05) is 13.3 Å². The second-order valence-corrected chi connectivity index (χ2v) is 7.85. The Morgan fingerprint density at radius 1 is 1.53 bits per heavy atom. The molecular weight excluding hydrogens is 320 g/mol. The van der Waals surface area contributed by atoms with Crippen molar-refractivity contribution < 1.29 is 0 Å². The Kier molecular flexibility index (Phi) is 5.44. The Morgan fingerprint density at radius 3 is 2.89 bits per heavy atom. The highest BCUT2D eigenvalue weighted by atomic mass is 79.9. The highest BCUT2D eigenvalue weighted by Crippen LogP contribution is 2.34. The van der Waals surface area contributed by atoms with Crippen molar-refractivity contribution in [2.75, 3.05) is 7.05 Å². The van der Waals surface area contributed by atoms with Gasteiger partial charge in [0.05, 0.1) is 15.8 Å². The Labute approximate surface area is 128 Å². The van der Waals surface area contributed by atoms with Crippen LogP contribution in [0.5, 0.6) is 0 Å². The van der Waals surface area contributed by atoms with Crippen LogP contribution in [0, 0.1) is 23.2 Å². The van der Waals surface area contributed by atoms with Gasteiger partial charge in [0.2, 0.25) is 0 Å². The smallest absolute Gasteiger partial charge is 0.0701 e. The number of hydrogen-bond acceptors (Lipinski definition) is 3. The Balaban J connectivity index is 2.02. The summed E-state index contributed by atoms with van der Waals surface area (Å²) in [5.41, 5.74) is 1.34. The number of nitriles is 1. The Morgan fingerprint density at radius 2 is 2.32 bits per heavy atom. The maximum absolute atomic E-state index is 9.36. The van der Waals surface area contributed by atoms with Gasteiger partial charge in [-0.05, 0) is 65.2 Å². The molecule has 3 unspecified atom stereocenters. The van der Waals surface area contributed by atoms with Crippen LogP contribution < -0.4 is 0 Å². The van der Waals surface area contributed by atoms with Crippen LogP contribution >= 0.6 is 27.3 Å². The second kappa shape index (κ2) is 6.88. The van der Waals surface area contributed by atoms with Crippen LogP contribution in [0.1, 0.15) is 38.2 Å². The minimum Gasteiger partial charge on any atom is -0.298 e. The third kappa shape index (κ3) is 3.81. The van der Waals surface area contributed by atoms with E-state index >= 15 is 0 Å². The first-order chi connectivity index (χ1) is 9.13. The molecule has 2 rings (SSSR count). The molecule has 1 saturated carbocycles. The summed E-state index contributed by atoms with van der Waals surface area (Å²) < 4.78 is 1.18. The zero-order chi connectivity index (χ0) is 13.8. The van der Waals surface area contributed by atoms with E-state index in [2.05, 4.69) is 52.3 Å². The van der Waals surface area contributed by atoms with E-state index in [1.165, 1.54) is 28.6 Å². The van der Waals surface area contributed by atoms with E-state index in [1.807, 2.05) is 0 Å². The SMILES string of the molecule is CCC1CCC(C#N)C(N(C)Cc2csc(Br)c2)C1. The van der Waals surface area contributed by atoms with Crippen LogP contribution in [0.4, 0.5) is 0 Å². The molecule has 0 amide bonds. The summed E-state index contributed by atoms with van der Waals surface area (Å²) in [5, 5.41) is 11.6. The van der Waals surface area contributed by atoms with Crippen molar-refractivity contribution in [3.05, 3.63) is 20.8 Å². The number of rotatable bonds is 4. The fraction of sp³-hybridized carbons (Fsp3) is 0.667. The molecule has 1 aromatic heterocycles. The van der Waals surface area contributed by atoms with Gasteiger partial charge in [-0.25, -0.2) is 0 Å². The first-order valence-corrected chi connectivity index (χ1v) is 8.64. The zero-order valence-electron chi connectivity index (χ0n) is 11.6.